The Balaban J connectivity index is 1.70. The summed E-state index contributed by atoms with van der Waals surface area (Å²) in [5.41, 5.74) is 2.13. The lowest BCUT2D eigenvalue weighted by Gasteiger charge is -2.05. The summed E-state index contributed by atoms with van der Waals surface area (Å²) in [6.07, 6.45) is 1.62. The average Bonchev–Trinajstić information content (AvgIpc) is 2.87. The van der Waals surface area contributed by atoms with E-state index in [9.17, 15) is 10.2 Å². The van der Waals surface area contributed by atoms with E-state index in [0.29, 0.717) is 0 Å². The summed E-state index contributed by atoms with van der Waals surface area (Å²) >= 11 is 0. The highest BCUT2D eigenvalue weighted by Gasteiger charge is 2.13. The molecule has 4 heteroatoms. The Morgan fingerprint density at radius 1 is 0.789 bits per heavy atom. The van der Waals surface area contributed by atoms with Gasteiger partial charge in [-0.05, 0) is 48.2 Å². The fourth-order valence-corrected chi connectivity index (χ4v) is 2.11. The third-order valence-electron chi connectivity index (χ3n) is 3.18. The van der Waals surface area contributed by atoms with Crippen LogP contribution in [0.1, 0.15) is 11.1 Å². The number of phenols is 2. The molecule has 0 spiro atoms. The van der Waals surface area contributed by atoms with Crippen LogP contribution >= 0.6 is 0 Å². The van der Waals surface area contributed by atoms with Gasteiger partial charge in [-0.1, -0.05) is 12.1 Å². The van der Waals surface area contributed by atoms with Gasteiger partial charge in [0.15, 0.2) is 23.0 Å². The number of phenolic OH excluding ortho intramolecular Hbond substituents is 2. The molecule has 1 aliphatic rings. The Labute approximate surface area is 110 Å². The zero-order valence-corrected chi connectivity index (χ0v) is 10.3. The quantitative estimate of drug-likeness (QED) is 0.831. The van der Waals surface area contributed by atoms with Crippen LogP contribution in [0.3, 0.4) is 0 Å². The number of aromatic hydroxyl groups is 2. The van der Waals surface area contributed by atoms with Gasteiger partial charge < -0.3 is 19.7 Å². The summed E-state index contributed by atoms with van der Waals surface area (Å²) < 4.78 is 10.6. The summed E-state index contributed by atoms with van der Waals surface area (Å²) in [6.45, 7) is 0.282. The van der Waals surface area contributed by atoms with Crippen molar-refractivity contribution < 1.29 is 19.7 Å². The van der Waals surface area contributed by atoms with Gasteiger partial charge in [0.2, 0.25) is 6.79 Å². The molecule has 98 valence electrons. The van der Waals surface area contributed by atoms with Gasteiger partial charge in [0.1, 0.15) is 0 Å². The zero-order chi connectivity index (χ0) is 13.2. The largest absolute Gasteiger partial charge is 0.504 e. The first-order chi connectivity index (χ1) is 9.22. The fourth-order valence-electron chi connectivity index (χ4n) is 2.11. The van der Waals surface area contributed by atoms with E-state index >= 15 is 0 Å². The van der Waals surface area contributed by atoms with Crippen LogP contribution in [0.4, 0.5) is 0 Å². The van der Waals surface area contributed by atoms with Crippen LogP contribution in [-0.4, -0.2) is 17.0 Å². The highest BCUT2D eigenvalue weighted by Crippen LogP contribution is 2.33. The van der Waals surface area contributed by atoms with Gasteiger partial charge in [0, 0.05) is 0 Å². The molecule has 0 aromatic heterocycles. The van der Waals surface area contributed by atoms with Crippen LogP contribution in [0.2, 0.25) is 0 Å². The van der Waals surface area contributed by atoms with E-state index in [4.69, 9.17) is 9.47 Å². The van der Waals surface area contributed by atoms with Crippen molar-refractivity contribution in [3.05, 3.63) is 47.5 Å². The second kappa shape index (κ2) is 4.72. The van der Waals surface area contributed by atoms with Crippen molar-refractivity contribution in [2.45, 2.75) is 12.8 Å². The Morgan fingerprint density at radius 2 is 1.47 bits per heavy atom. The minimum Gasteiger partial charge on any atom is -0.504 e. The Kier molecular flexibility index (Phi) is 2.91. The van der Waals surface area contributed by atoms with Gasteiger partial charge in [-0.25, -0.2) is 0 Å². The lowest BCUT2D eigenvalue weighted by Crippen LogP contribution is -1.93. The number of rotatable bonds is 3. The number of aryl methyl sites for hydroxylation is 2. The van der Waals surface area contributed by atoms with Crippen LogP contribution in [0, 0.1) is 0 Å². The van der Waals surface area contributed by atoms with Gasteiger partial charge in [-0.2, -0.15) is 0 Å². The molecule has 0 amide bonds. The van der Waals surface area contributed by atoms with E-state index in [1.54, 1.807) is 6.07 Å². The third-order valence-corrected chi connectivity index (χ3v) is 3.18. The summed E-state index contributed by atoms with van der Waals surface area (Å²) in [6, 6.07) is 10.8. The highest BCUT2D eigenvalue weighted by atomic mass is 16.7. The van der Waals surface area contributed by atoms with Gasteiger partial charge in [0.25, 0.3) is 0 Å². The van der Waals surface area contributed by atoms with Crippen molar-refractivity contribution in [3.63, 3.8) is 0 Å². The molecule has 4 nitrogen and oxygen atoms in total. The molecule has 0 saturated heterocycles. The maximum Gasteiger partial charge on any atom is 0.231 e. The van der Waals surface area contributed by atoms with Crippen molar-refractivity contribution >= 4 is 0 Å². The van der Waals surface area contributed by atoms with Crippen molar-refractivity contribution in [1.82, 2.24) is 0 Å². The topological polar surface area (TPSA) is 58.9 Å². The van der Waals surface area contributed by atoms with Crippen molar-refractivity contribution in [2.24, 2.45) is 0 Å². The molecule has 2 aromatic rings. The Bertz CT molecular complexity index is 607. The van der Waals surface area contributed by atoms with Crippen molar-refractivity contribution in [3.8, 4) is 23.0 Å². The molecule has 0 unspecified atom stereocenters. The Morgan fingerprint density at radius 3 is 2.26 bits per heavy atom. The molecule has 1 aliphatic heterocycles. The first-order valence-electron chi connectivity index (χ1n) is 6.12. The molecule has 0 bridgehead atoms. The molecule has 3 rings (SSSR count). The van der Waals surface area contributed by atoms with E-state index in [1.165, 1.54) is 6.07 Å². The fraction of sp³-hybridized carbons (Fsp3) is 0.200. The molecule has 0 radical (unpaired) electrons. The van der Waals surface area contributed by atoms with Crippen LogP contribution in [0.15, 0.2) is 36.4 Å². The van der Waals surface area contributed by atoms with E-state index in [0.717, 1.165) is 35.5 Å². The number of hydrogen-bond donors (Lipinski definition) is 2. The van der Waals surface area contributed by atoms with Crippen LogP contribution < -0.4 is 9.47 Å². The standard InChI is InChI=1S/C15H14O4/c16-12-5-3-10(7-13(12)17)1-2-11-4-6-14-15(8-11)19-9-18-14/h3-8,16-17H,1-2,9H2. The minimum atomic E-state index is -0.0909. The Hall–Kier alpha value is -2.36. The normalized spacial score (nSPS) is 12.6. The second-order valence-electron chi connectivity index (χ2n) is 4.51. The molecule has 0 saturated carbocycles. The smallest absolute Gasteiger partial charge is 0.231 e. The average molecular weight is 258 g/mol. The lowest BCUT2D eigenvalue weighted by molar-refractivity contribution is 0.174. The van der Waals surface area contributed by atoms with Crippen molar-refractivity contribution in [2.75, 3.05) is 6.79 Å². The van der Waals surface area contributed by atoms with Gasteiger partial charge in [-0.15, -0.1) is 0 Å². The molecule has 0 fully saturated rings. The molecule has 2 aromatic carbocycles. The molecule has 0 atom stereocenters. The SMILES string of the molecule is Oc1ccc(CCc2ccc3c(c2)OCO3)cc1O. The number of hydrogen-bond acceptors (Lipinski definition) is 4. The molecule has 0 aliphatic carbocycles. The predicted molar refractivity (Wildman–Crippen MR) is 69.7 cm³/mol. The highest BCUT2D eigenvalue weighted by molar-refractivity contribution is 5.45. The third kappa shape index (κ3) is 2.42. The van der Waals surface area contributed by atoms with Crippen molar-refractivity contribution in [1.29, 1.82) is 0 Å². The number of ether oxygens (including phenoxy) is 2. The first kappa shape index (κ1) is 11.7. The molecular weight excluding hydrogens is 244 g/mol. The summed E-state index contributed by atoms with van der Waals surface area (Å²) in [5.74, 6) is 1.40. The zero-order valence-electron chi connectivity index (χ0n) is 10.3. The maximum atomic E-state index is 9.44. The van der Waals surface area contributed by atoms with Crippen LogP contribution in [-0.2, 0) is 12.8 Å². The van der Waals surface area contributed by atoms with Gasteiger partial charge in [0.05, 0.1) is 0 Å². The van der Waals surface area contributed by atoms with Crippen LogP contribution in [0.5, 0.6) is 23.0 Å². The monoisotopic (exact) mass is 258 g/mol. The second-order valence-corrected chi connectivity index (χ2v) is 4.51. The first-order valence-corrected chi connectivity index (χ1v) is 6.12. The summed E-state index contributed by atoms with van der Waals surface area (Å²) in [5, 5.41) is 18.7. The summed E-state index contributed by atoms with van der Waals surface area (Å²) in [7, 11) is 0. The molecule has 1 heterocycles. The molecular formula is C15H14O4. The van der Waals surface area contributed by atoms with Crippen LogP contribution in [0.25, 0.3) is 0 Å². The van der Waals surface area contributed by atoms with E-state index in [-0.39, 0.29) is 18.3 Å². The summed E-state index contributed by atoms with van der Waals surface area (Å²) in [4.78, 5) is 0. The minimum absolute atomic E-state index is 0.0804. The van der Waals surface area contributed by atoms with E-state index in [2.05, 4.69) is 0 Å². The maximum absolute atomic E-state index is 9.44. The number of fused-ring (bicyclic) bond motifs is 1. The predicted octanol–water partition coefficient (Wildman–Crippen LogP) is 2.61. The lowest BCUT2D eigenvalue weighted by atomic mass is 10.0. The molecule has 2 N–H and O–H groups in total. The van der Waals surface area contributed by atoms with E-state index < -0.39 is 0 Å². The molecule has 19 heavy (non-hydrogen) atoms. The number of benzene rings is 2. The van der Waals surface area contributed by atoms with Gasteiger partial charge in [-0.3, -0.25) is 0 Å². The van der Waals surface area contributed by atoms with E-state index in [1.807, 2.05) is 24.3 Å². The van der Waals surface area contributed by atoms with Gasteiger partial charge >= 0.3 is 0 Å².